The molecule has 3 nitrogen and oxygen atoms in total. The molecule has 0 aliphatic heterocycles. The van der Waals surface area contributed by atoms with Crippen molar-refractivity contribution in [3.63, 3.8) is 0 Å². The van der Waals surface area contributed by atoms with Crippen molar-refractivity contribution in [2.75, 3.05) is 17.6 Å². The molecule has 0 fully saturated rings. The average Bonchev–Trinajstić information content (AvgIpc) is 2.42. The van der Waals surface area contributed by atoms with Gasteiger partial charge in [-0.25, -0.2) is 8.42 Å². The van der Waals surface area contributed by atoms with Gasteiger partial charge >= 0.3 is 0 Å². The summed E-state index contributed by atoms with van der Waals surface area (Å²) >= 11 is 3.41. The summed E-state index contributed by atoms with van der Waals surface area (Å²) < 4.78 is 25.0. The van der Waals surface area contributed by atoms with E-state index in [4.69, 9.17) is 0 Å². The lowest BCUT2D eigenvalue weighted by Crippen LogP contribution is -2.16. The summed E-state index contributed by atoms with van der Waals surface area (Å²) in [5.74, 6) is 0.0678. The Hall–Kier alpha value is -1.33. The van der Waals surface area contributed by atoms with Gasteiger partial charge in [0.2, 0.25) is 0 Å². The van der Waals surface area contributed by atoms with Gasteiger partial charge in [-0.05, 0) is 40.2 Å². The van der Waals surface area contributed by atoms with Gasteiger partial charge in [0.15, 0.2) is 9.84 Å². The highest BCUT2D eigenvalue weighted by atomic mass is 79.9. The highest BCUT2D eigenvalue weighted by Gasteiger charge is 2.13. The smallest absolute Gasteiger partial charge is 0.180 e. The van der Waals surface area contributed by atoms with Crippen molar-refractivity contribution in [3.8, 4) is 0 Å². The van der Waals surface area contributed by atoms with Crippen molar-refractivity contribution < 1.29 is 8.42 Å². The van der Waals surface area contributed by atoms with Crippen LogP contribution in [0.5, 0.6) is 0 Å². The Morgan fingerprint density at radius 1 is 0.947 bits per heavy atom. The van der Waals surface area contributed by atoms with Crippen LogP contribution in [0.4, 0.5) is 5.69 Å². The SMILES string of the molecule is O=S(=O)(CCNc1ccccc1Br)c1ccccc1. The second kappa shape index (κ2) is 6.21. The molecule has 0 bridgehead atoms. The molecule has 2 aromatic carbocycles. The standard InChI is InChI=1S/C14H14BrNO2S/c15-13-8-4-5-9-14(13)16-10-11-19(17,18)12-6-2-1-3-7-12/h1-9,16H,10-11H2. The number of nitrogens with one attached hydrogen (secondary N) is 1. The molecular weight excluding hydrogens is 326 g/mol. The summed E-state index contributed by atoms with van der Waals surface area (Å²) in [7, 11) is -3.22. The Morgan fingerprint density at radius 2 is 1.58 bits per heavy atom. The Kier molecular flexibility index (Phi) is 4.61. The van der Waals surface area contributed by atoms with Crippen LogP contribution in [0.1, 0.15) is 0 Å². The van der Waals surface area contributed by atoms with Crippen LogP contribution in [0.3, 0.4) is 0 Å². The number of hydrogen-bond donors (Lipinski definition) is 1. The molecule has 0 aromatic heterocycles. The van der Waals surface area contributed by atoms with Gasteiger partial charge < -0.3 is 5.32 Å². The monoisotopic (exact) mass is 339 g/mol. The van der Waals surface area contributed by atoms with E-state index in [2.05, 4.69) is 21.2 Å². The van der Waals surface area contributed by atoms with Crippen LogP contribution in [0.25, 0.3) is 0 Å². The third-order valence-corrected chi connectivity index (χ3v) is 5.09. The van der Waals surface area contributed by atoms with Crippen LogP contribution in [0, 0.1) is 0 Å². The maximum absolute atomic E-state index is 12.1. The van der Waals surface area contributed by atoms with E-state index < -0.39 is 9.84 Å². The van der Waals surface area contributed by atoms with Crippen LogP contribution in [-0.2, 0) is 9.84 Å². The van der Waals surface area contributed by atoms with Crippen LogP contribution in [0.15, 0.2) is 64.0 Å². The average molecular weight is 340 g/mol. The van der Waals surface area contributed by atoms with Crippen molar-refractivity contribution in [2.24, 2.45) is 0 Å². The lowest BCUT2D eigenvalue weighted by Gasteiger charge is -2.09. The van der Waals surface area contributed by atoms with Crippen LogP contribution >= 0.6 is 15.9 Å². The lowest BCUT2D eigenvalue weighted by atomic mass is 10.3. The lowest BCUT2D eigenvalue weighted by molar-refractivity contribution is 0.596. The molecule has 0 atom stereocenters. The normalized spacial score (nSPS) is 11.2. The van der Waals surface area contributed by atoms with Crippen molar-refractivity contribution in [2.45, 2.75) is 4.90 Å². The molecule has 1 N–H and O–H groups in total. The molecule has 0 radical (unpaired) electrons. The highest BCUT2D eigenvalue weighted by Crippen LogP contribution is 2.21. The van der Waals surface area contributed by atoms with E-state index in [1.165, 1.54) is 0 Å². The Balaban J connectivity index is 1.98. The van der Waals surface area contributed by atoms with E-state index in [-0.39, 0.29) is 5.75 Å². The fourth-order valence-corrected chi connectivity index (χ4v) is 3.27. The first-order valence-corrected chi connectivity index (χ1v) is 8.30. The second-order valence-corrected chi connectivity index (χ2v) is 7.00. The maximum Gasteiger partial charge on any atom is 0.180 e. The Morgan fingerprint density at radius 3 is 2.26 bits per heavy atom. The van der Waals surface area contributed by atoms with Crippen LogP contribution in [-0.4, -0.2) is 20.7 Å². The zero-order valence-electron chi connectivity index (χ0n) is 10.2. The highest BCUT2D eigenvalue weighted by molar-refractivity contribution is 9.10. The van der Waals surface area contributed by atoms with Crippen LogP contribution in [0.2, 0.25) is 0 Å². The van der Waals surface area contributed by atoms with Gasteiger partial charge in [0, 0.05) is 16.7 Å². The molecule has 0 heterocycles. The summed E-state index contributed by atoms with van der Waals surface area (Å²) in [4.78, 5) is 0.365. The third-order valence-electron chi connectivity index (χ3n) is 2.66. The molecule has 0 aliphatic carbocycles. The molecule has 0 amide bonds. The fourth-order valence-electron chi connectivity index (χ4n) is 1.67. The van der Waals surface area contributed by atoms with E-state index in [1.54, 1.807) is 30.3 Å². The first kappa shape index (κ1) is 14.1. The van der Waals surface area contributed by atoms with Crippen molar-refractivity contribution in [3.05, 3.63) is 59.1 Å². The van der Waals surface area contributed by atoms with E-state index in [9.17, 15) is 8.42 Å². The Bertz CT molecular complexity index is 642. The van der Waals surface area contributed by atoms with Gasteiger partial charge in [0.25, 0.3) is 0 Å². The summed E-state index contributed by atoms with van der Waals surface area (Å²) in [5, 5.41) is 3.11. The predicted molar refractivity (Wildman–Crippen MR) is 81.1 cm³/mol. The molecule has 19 heavy (non-hydrogen) atoms. The van der Waals surface area contributed by atoms with Gasteiger partial charge in [-0.1, -0.05) is 30.3 Å². The Labute approximate surface area is 121 Å². The van der Waals surface area contributed by atoms with Gasteiger partial charge in [-0.15, -0.1) is 0 Å². The molecule has 0 unspecified atom stereocenters. The van der Waals surface area contributed by atoms with Gasteiger partial charge in [0.1, 0.15) is 0 Å². The van der Waals surface area contributed by atoms with Crippen molar-refractivity contribution >= 4 is 31.5 Å². The minimum absolute atomic E-state index is 0.0678. The number of sulfone groups is 1. The predicted octanol–water partition coefficient (Wildman–Crippen LogP) is 3.33. The molecule has 2 aromatic rings. The van der Waals surface area contributed by atoms with Crippen LogP contribution < -0.4 is 5.32 Å². The number of rotatable bonds is 5. The molecular formula is C14H14BrNO2S. The number of para-hydroxylation sites is 1. The molecule has 0 saturated heterocycles. The van der Waals surface area contributed by atoms with Crippen molar-refractivity contribution in [1.82, 2.24) is 0 Å². The minimum atomic E-state index is -3.22. The first-order valence-electron chi connectivity index (χ1n) is 5.86. The minimum Gasteiger partial charge on any atom is -0.383 e. The first-order chi connectivity index (χ1) is 9.09. The van der Waals surface area contributed by atoms with E-state index in [1.807, 2.05) is 24.3 Å². The molecule has 100 valence electrons. The molecule has 0 spiro atoms. The molecule has 0 aliphatic rings. The summed E-state index contributed by atoms with van der Waals surface area (Å²) in [6.45, 7) is 0.375. The van der Waals surface area contributed by atoms with Gasteiger partial charge in [0.05, 0.1) is 10.6 Å². The second-order valence-electron chi connectivity index (χ2n) is 4.04. The zero-order valence-corrected chi connectivity index (χ0v) is 12.6. The molecule has 2 rings (SSSR count). The maximum atomic E-state index is 12.1. The number of halogens is 1. The zero-order chi connectivity index (χ0) is 13.7. The third kappa shape index (κ3) is 3.81. The fraction of sp³-hybridized carbons (Fsp3) is 0.143. The van der Waals surface area contributed by atoms with E-state index >= 15 is 0 Å². The number of benzene rings is 2. The molecule has 0 saturated carbocycles. The molecule has 5 heteroatoms. The van der Waals surface area contributed by atoms with Crippen molar-refractivity contribution in [1.29, 1.82) is 0 Å². The van der Waals surface area contributed by atoms with Gasteiger partial charge in [-0.2, -0.15) is 0 Å². The topological polar surface area (TPSA) is 46.2 Å². The van der Waals surface area contributed by atoms with E-state index in [0.717, 1.165) is 10.2 Å². The summed E-state index contributed by atoms with van der Waals surface area (Å²) in [6.07, 6.45) is 0. The van der Waals surface area contributed by atoms with Gasteiger partial charge in [-0.3, -0.25) is 0 Å². The quantitative estimate of drug-likeness (QED) is 0.908. The number of anilines is 1. The largest absolute Gasteiger partial charge is 0.383 e. The number of hydrogen-bond acceptors (Lipinski definition) is 3. The summed E-state index contributed by atoms with van der Waals surface area (Å²) in [6, 6.07) is 16.1. The van der Waals surface area contributed by atoms with E-state index in [0.29, 0.717) is 11.4 Å². The summed E-state index contributed by atoms with van der Waals surface area (Å²) in [5.41, 5.74) is 0.894.